The first-order chi connectivity index (χ1) is 5.70. The van der Waals surface area contributed by atoms with Crippen molar-refractivity contribution in [3.63, 3.8) is 0 Å². The highest BCUT2D eigenvalue weighted by Gasteiger charge is 2.22. The van der Waals surface area contributed by atoms with Crippen molar-refractivity contribution in [2.24, 2.45) is 0 Å². The molecule has 1 aliphatic rings. The first-order valence-corrected chi connectivity index (χ1v) is 4.62. The molecule has 1 aromatic heterocycles. The maximum absolute atomic E-state index is 10.6. The van der Waals surface area contributed by atoms with Crippen LogP contribution in [0.1, 0.15) is 16.2 Å². The van der Waals surface area contributed by atoms with Crippen molar-refractivity contribution < 1.29 is 9.90 Å². The van der Waals surface area contributed by atoms with Crippen molar-refractivity contribution in [2.75, 3.05) is 5.75 Å². The first-order valence-electron chi connectivity index (χ1n) is 3.63. The van der Waals surface area contributed by atoms with Gasteiger partial charge in [-0.05, 0) is 6.92 Å². The maximum atomic E-state index is 10.6. The van der Waals surface area contributed by atoms with Crippen LogP contribution in [0, 0.1) is 6.92 Å². The summed E-state index contributed by atoms with van der Waals surface area (Å²) in [6.07, 6.45) is 0. The van der Waals surface area contributed by atoms with Crippen LogP contribution in [-0.4, -0.2) is 26.4 Å². The number of nitrogens with zero attached hydrogens (tertiary/aromatic N) is 2. The van der Waals surface area contributed by atoms with E-state index in [1.807, 2.05) is 4.57 Å². The van der Waals surface area contributed by atoms with Gasteiger partial charge in [0.1, 0.15) is 0 Å². The topological polar surface area (TPSA) is 55.1 Å². The van der Waals surface area contributed by atoms with Gasteiger partial charge in [-0.2, -0.15) is 0 Å². The van der Waals surface area contributed by atoms with Gasteiger partial charge in [0, 0.05) is 12.3 Å². The molecule has 0 atom stereocenters. The Hall–Kier alpha value is -0.970. The number of carboxylic acid groups (broad SMARTS) is 1. The minimum Gasteiger partial charge on any atom is -0.476 e. The highest BCUT2D eigenvalue weighted by atomic mass is 32.2. The average Bonchev–Trinajstić information content (AvgIpc) is 2.53. The van der Waals surface area contributed by atoms with Crippen LogP contribution in [0.2, 0.25) is 0 Å². The van der Waals surface area contributed by atoms with Gasteiger partial charge in [-0.3, -0.25) is 0 Å². The summed E-state index contributed by atoms with van der Waals surface area (Å²) in [6.45, 7) is 2.68. The molecule has 0 radical (unpaired) electrons. The Morgan fingerprint density at radius 3 is 3.08 bits per heavy atom. The number of aromatic carboxylic acids is 1. The molecule has 1 aliphatic heterocycles. The zero-order valence-electron chi connectivity index (χ0n) is 6.57. The SMILES string of the molecule is Cc1c(C(=O)O)nc2n1CCS2. The molecule has 0 saturated heterocycles. The zero-order chi connectivity index (χ0) is 8.72. The standard InChI is InChI=1S/C7H8N2O2S/c1-4-5(6(10)11)8-7-9(4)2-3-12-7/h2-3H2,1H3,(H,10,11). The van der Waals surface area contributed by atoms with Crippen molar-refractivity contribution in [1.29, 1.82) is 0 Å². The molecule has 4 nitrogen and oxygen atoms in total. The predicted molar refractivity (Wildman–Crippen MR) is 44.6 cm³/mol. The molecule has 0 fully saturated rings. The van der Waals surface area contributed by atoms with E-state index in [2.05, 4.69) is 4.98 Å². The fraction of sp³-hybridized carbons (Fsp3) is 0.429. The molecule has 0 aliphatic carbocycles. The lowest BCUT2D eigenvalue weighted by atomic mass is 10.3. The average molecular weight is 184 g/mol. The van der Waals surface area contributed by atoms with Crippen molar-refractivity contribution in [2.45, 2.75) is 18.6 Å². The number of aromatic nitrogens is 2. The molecule has 2 rings (SSSR count). The van der Waals surface area contributed by atoms with Crippen LogP contribution in [0.25, 0.3) is 0 Å². The molecule has 12 heavy (non-hydrogen) atoms. The number of rotatable bonds is 1. The van der Waals surface area contributed by atoms with Crippen molar-refractivity contribution in [3.05, 3.63) is 11.4 Å². The van der Waals surface area contributed by atoms with E-state index >= 15 is 0 Å². The van der Waals surface area contributed by atoms with E-state index in [0.717, 1.165) is 23.1 Å². The molecule has 5 heteroatoms. The molecule has 0 spiro atoms. The van der Waals surface area contributed by atoms with Gasteiger partial charge >= 0.3 is 5.97 Å². The van der Waals surface area contributed by atoms with Crippen LogP contribution in [0.4, 0.5) is 0 Å². The number of thioether (sulfide) groups is 1. The van der Waals surface area contributed by atoms with E-state index < -0.39 is 5.97 Å². The van der Waals surface area contributed by atoms with E-state index in [1.165, 1.54) is 0 Å². The Kier molecular flexibility index (Phi) is 1.61. The lowest BCUT2D eigenvalue weighted by molar-refractivity contribution is 0.0689. The first kappa shape index (κ1) is 7.67. The maximum Gasteiger partial charge on any atom is 0.356 e. The highest BCUT2D eigenvalue weighted by molar-refractivity contribution is 7.99. The highest BCUT2D eigenvalue weighted by Crippen LogP contribution is 2.27. The van der Waals surface area contributed by atoms with E-state index in [1.54, 1.807) is 18.7 Å². The lowest BCUT2D eigenvalue weighted by Crippen LogP contribution is -2.02. The quantitative estimate of drug-likeness (QED) is 0.707. The molecule has 0 aromatic carbocycles. The van der Waals surface area contributed by atoms with Crippen LogP contribution in [-0.2, 0) is 6.54 Å². The molecule has 1 N–H and O–H groups in total. The van der Waals surface area contributed by atoms with Gasteiger partial charge in [0.2, 0.25) is 0 Å². The second-order valence-electron chi connectivity index (χ2n) is 2.63. The second-order valence-corrected chi connectivity index (χ2v) is 3.70. The number of hydrogen-bond donors (Lipinski definition) is 1. The lowest BCUT2D eigenvalue weighted by Gasteiger charge is -1.96. The van der Waals surface area contributed by atoms with E-state index in [-0.39, 0.29) is 5.69 Å². The second kappa shape index (κ2) is 2.52. The third kappa shape index (κ3) is 0.929. The summed E-state index contributed by atoms with van der Waals surface area (Å²) in [5.41, 5.74) is 0.958. The summed E-state index contributed by atoms with van der Waals surface area (Å²) >= 11 is 1.61. The van der Waals surface area contributed by atoms with Crippen LogP contribution in [0.3, 0.4) is 0 Å². The third-order valence-corrected chi connectivity index (χ3v) is 2.89. The summed E-state index contributed by atoms with van der Waals surface area (Å²) in [5.74, 6) is 0.0679. The molecular weight excluding hydrogens is 176 g/mol. The summed E-state index contributed by atoms with van der Waals surface area (Å²) in [4.78, 5) is 14.7. The molecule has 0 unspecified atom stereocenters. The van der Waals surface area contributed by atoms with Gasteiger partial charge in [-0.15, -0.1) is 0 Å². The summed E-state index contributed by atoms with van der Waals surface area (Å²) in [6, 6.07) is 0. The van der Waals surface area contributed by atoms with Crippen molar-refractivity contribution >= 4 is 17.7 Å². The van der Waals surface area contributed by atoms with Crippen LogP contribution in [0.15, 0.2) is 5.16 Å². The fourth-order valence-electron chi connectivity index (χ4n) is 1.31. The van der Waals surface area contributed by atoms with E-state index in [0.29, 0.717) is 0 Å². The Balaban J connectivity index is 2.54. The minimum absolute atomic E-state index is 0.192. The minimum atomic E-state index is -0.935. The Labute approximate surface area is 73.6 Å². The summed E-state index contributed by atoms with van der Waals surface area (Å²) in [7, 11) is 0. The number of carbonyl (C=O) groups is 1. The summed E-state index contributed by atoms with van der Waals surface area (Å²) in [5, 5.41) is 9.58. The molecule has 1 aromatic rings. The third-order valence-electron chi connectivity index (χ3n) is 1.93. The zero-order valence-corrected chi connectivity index (χ0v) is 7.39. The monoisotopic (exact) mass is 184 g/mol. The van der Waals surface area contributed by atoms with E-state index in [4.69, 9.17) is 5.11 Å². The molecule has 0 bridgehead atoms. The van der Waals surface area contributed by atoms with Crippen LogP contribution < -0.4 is 0 Å². The Morgan fingerprint density at radius 1 is 1.75 bits per heavy atom. The largest absolute Gasteiger partial charge is 0.476 e. The van der Waals surface area contributed by atoms with Crippen LogP contribution >= 0.6 is 11.8 Å². The Morgan fingerprint density at radius 2 is 2.50 bits per heavy atom. The van der Waals surface area contributed by atoms with E-state index in [9.17, 15) is 4.79 Å². The predicted octanol–water partition coefficient (Wildman–Crippen LogP) is 0.995. The van der Waals surface area contributed by atoms with Gasteiger partial charge in [-0.1, -0.05) is 11.8 Å². The smallest absolute Gasteiger partial charge is 0.356 e. The number of fused-ring (bicyclic) bond motifs is 1. The van der Waals surface area contributed by atoms with Gasteiger partial charge in [0.05, 0.1) is 5.69 Å². The Bertz CT molecular complexity index is 345. The van der Waals surface area contributed by atoms with Gasteiger partial charge in [0.15, 0.2) is 10.9 Å². The van der Waals surface area contributed by atoms with Crippen molar-refractivity contribution in [3.8, 4) is 0 Å². The van der Waals surface area contributed by atoms with Gasteiger partial charge in [0.25, 0.3) is 0 Å². The van der Waals surface area contributed by atoms with Gasteiger partial charge < -0.3 is 9.67 Å². The van der Waals surface area contributed by atoms with Gasteiger partial charge in [-0.25, -0.2) is 9.78 Å². The summed E-state index contributed by atoms with van der Waals surface area (Å²) < 4.78 is 1.95. The number of carboxylic acids is 1. The fourth-order valence-corrected chi connectivity index (χ4v) is 2.31. The van der Waals surface area contributed by atoms with Crippen molar-refractivity contribution in [1.82, 2.24) is 9.55 Å². The number of hydrogen-bond acceptors (Lipinski definition) is 3. The molecular formula is C7H8N2O2S. The number of imidazole rings is 1. The molecule has 64 valence electrons. The normalized spacial score (nSPS) is 14.8. The molecule has 0 amide bonds. The molecule has 0 saturated carbocycles. The van der Waals surface area contributed by atoms with Crippen LogP contribution in [0.5, 0.6) is 0 Å². The molecule has 2 heterocycles.